The van der Waals surface area contributed by atoms with Crippen LogP contribution < -0.4 is 5.32 Å². The van der Waals surface area contributed by atoms with Crippen LogP contribution in [0.3, 0.4) is 0 Å². The maximum atomic E-state index is 3.50. The van der Waals surface area contributed by atoms with Crippen LogP contribution in [0, 0.1) is 0 Å². The van der Waals surface area contributed by atoms with Gasteiger partial charge in [0.05, 0.1) is 0 Å². The Bertz CT molecular complexity index is 674. The SMILES string of the molecule is c1ccc(CNCc2cccc(-c3ccccc3)c2)cc1. The lowest BCUT2D eigenvalue weighted by Crippen LogP contribution is -2.12. The maximum Gasteiger partial charge on any atom is 0.0208 e. The quantitative estimate of drug-likeness (QED) is 0.714. The van der Waals surface area contributed by atoms with E-state index < -0.39 is 0 Å². The first-order chi connectivity index (χ1) is 10.4. The Morgan fingerprint density at radius 2 is 1.10 bits per heavy atom. The molecule has 0 atom stereocenters. The molecule has 0 heterocycles. The molecule has 0 unspecified atom stereocenters. The van der Waals surface area contributed by atoms with Crippen LogP contribution in [0.4, 0.5) is 0 Å². The summed E-state index contributed by atoms with van der Waals surface area (Å²) in [7, 11) is 0. The first-order valence-electron chi connectivity index (χ1n) is 7.31. The van der Waals surface area contributed by atoms with E-state index in [4.69, 9.17) is 0 Å². The van der Waals surface area contributed by atoms with Crippen molar-refractivity contribution in [3.05, 3.63) is 96.1 Å². The molecule has 1 nitrogen and oxygen atoms in total. The molecular formula is C20H19N. The Hall–Kier alpha value is -2.38. The van der Waals surface area contributed by atoms with Gasteiger partial charge in [-0.2, -0.15) is 0 Å². The summed E-state index contributed by atoms with van der Waals surface area (Å²) in [6.07, 6.45) is 0. The van der Waals surface area contributed by atoms with Crippen molar-refractivity contribution >= 4 is 0 Å². The molecule has 3 rings (SSSR count). The first kappa shape index (κ1) is 13.6. The van der Waals surface area contributed by atoms with Crippen LogP contribution in [0.25, 0.3) is 11.1 Å². The zero-order valence-corrected chi connectivity index (χ0v) is 12.0. The largest absolute Gasteiger partial charge is 0.309 e. The van der Waals surface area contributed by atoms with Crippen LogP contribution in [-0.2, 0) is 13.1 Å². The fraction of sp³-hybridized carbons (Fsp3) is 0.100. The summed E-state index contributed by atoms with van der Waals surface area (Å²) < 4.78 is 0. The van der Waals surface area contributed by atoms with E-state index in [1.165, 1.54) is 22.3 Å². The summed E-state index contributed by atoms with van der Waals surface area (Å²) in [4.78, 5) is 0. The molecular weight excluding hydrogens is 254 g/mol. The molecule has 0 amide bonds. The van der Waals surface area contributed by atoms with E-state index in [-0.39, 0.29) is 0 Å². The third-order valence-corrected chi connectivity index (χ3v) is 3.54. The normalized spacial score (nSPS) is 10.5. The summed E-state index contributed by atoms with van der Waals surface area (Å²) in [5, 5.41) is 3.50. The van der Waals surface area contributed by atoms with Gasteiger partial charge in [-0.25, -0.2) is 0 Å². The van der Waals surface area contributed by atoms with E-state index >= 15 is 0 Å². The molecule has 0 radical (unpaired) electrons. The number of rotatable bonds is 5. The molecule has 1 heteroatoms. The van der Waals surface area contributed by atoms with Crippen LogP contribution >= 0.6 is 0 Å². The smallest absolute Gasteiger partial charge is 0.0208 e. The molecule has 0 aromatic heterocycles. The molecule has 0 spiro atoms. The zero-order chi connectivity index (χ0) is 14.3. The number of hydrogen-bond acceptors (Lipinski definition) is 1. The second kappa shape index (κ2) is 6.87. The summed E-state index contributed by atoms with van der Waals surface area (Å²) in [5.41, 5.74) is 5.17. The molecule has 0 aliphatic heterocycles. The molecule has 0 aliphatic carbocycles. The van der Waals surface area contributed by atoms with Gasteiger partial charge in [0.15, 0.2) is 0 Å². The molecule has 0 saturated carbocycles. The van der Waals surface area contributed by atoms with Crippen LogP contribution in [0.5, 0.6) is 0 Å². The van der Waals surface area contributed by atoms with E-state index in [0.717, 1.165) is 13.1 Å². The van der Waals surface area contributed by atoms with E-state index in [9.17, 15) is 0 Å². The van der Waals surface area contributed by atoms with Gasteiger partial charge in [-0.05, 0) is 28.3 Å². The van der Waals surface area contributed by atoms with Crippen LogP contribution in [0.15, 0.2) is 84.9 Å². The maximum absolute atomic E-state index is 3.50. The minimum Gasteiger partial charge on any atom is -0.309 e. The van der Waals surface area contributed by atoms with Crippen LogP contribution in [0.1, 0.15) is 11.1 Å². The zero-order valence-electron chi connectivity index (χ0n) is 12.0. The minimum atomic E-state index is 0.884. The van der Waals surface area contributed by atoms with E-state index in [2.05, 4.69) is 84.2 Å². The molecule has 0 bridgehead atoms. The average molecular weight is 273 g/mol. The fourth-order valence-electron chi connectivity index (χ4n) is 2.44. The van der Waals surface area contributed by atoms with Gasteiger partial charge in [0.2, 0.25) is 0 Å². The predicted octanol–water partition coefficient (Wildman–Crippen LogP) is 4.64. The van der Waals surface area contributed by atoms with Crippen molar-refractivity contribution in [2.45, 2.75) is 13.1 Å². The second-order valence-corrected chi connectivity index (χ2v) is 5.16. The standard InChI is InChI=1S/C20H19N/c1-3-8-17(9-4-1)15-21-16-18-10-7-13-20(14-18)19-11-5-2-6-12-19/h1-14,21H,15-16H2. The number of hydrogen-bond donors (Lipinski definition) is 1. The van der Waals surface area contributed by atoms with Crippen molar-refractivity contribution in [2.24, 2.45) is 0 Å². The molecule has 0 aliphatic rings. The molecule has 3 aromatic carbocycles. The lowest BCUT2D eigenvalue weighted by molar-refractivity contribution is 0.693. The summed E-state index contributed by atoms with van der Waals surface area (Å²) >= 11 is 0. The molecule has 21 heavy (non-hydrogen) atoms. The average Bonchev–Trinajstić information content (AvgIpc) is 2.57. The van der Waals surface area contributed by atoms with Crippen molar-refractivity contribution in [1.82, 2.24) is 5.32 Å². The second-order valence-electron chi connectivity index (χ2n) is 5.16. The third kappa shape index (κ3) is 3.80. The van der Waals surface area contributed by atoms with Crippen molar-refractivity contribution in [1.29, 1.82) is 0 Å². The van der Waals surface area contributed by atoms with Crippen molar-refractivity contribution < 1.29 is 0 Å². The highest BCUT2D eigenvalue weighted by atomic mass is 14.8. The molecule has 3 aromatic rings. The third-order valence-electron chi connectivity index (χ3n) is 3.54. The fourth-order valence-corrected chi connectivity index (χ4v) is 2.44. The monoisotopic (exact) mass is 273 g/mol. The van der Waals surface area contributed by atoms with Gasteiger partial charge in [0, 0.05) is 13.1 Å². The Labute approximate surface area is 126 Å². The van der Waals surface area contributed by atoms with Crippen LogP contribution in [-0.4, -0.2) is 0 Å². The highest BCUT2D eigenvalue weighted by Gasteiger charge is 1.99. The highest BCUT2D eigenvalue weighted by molar-refractivity contribution is 5.63. The summed E-state index contributed by atoms with van der Waals surface area (Å²) in [6, 6.07) is 29.7. The van der Waals surface area contributed by atoms with Crippen molar-refractivity contribution in [3.8, 4) is 11.1 Å². The van der Waals surface area contributed by atoms with E-state index in [0.29, 0.717) is 0 Å². The van der Waals surface area contributed by atoms with Gasteiger partial charge in [0.25, 0.3) is 0 Å². The van der Waals surface area contributed by atoms with Gasteiger partial charge in [-0.15, -0.1) is 0 Å². The Balaban J connectivity index is 1.64. The van der Waals surface area contributed by atoms with Gasteiger partial charge < -0.3 is 5.32 Å². The number of nitrogens with one attached hydrogen (secondary N) is 1. The van der Waals surface area contributed by atoms with Gasteiger partial charge in [0.1, 0.15) is 0 Å². The number of benzene rings is 3. The molecule has 0 saturated heterocycles. The Morgan fingerprint density at radius 1 is 0.524 bits per heavy atom. The van der Waals surface area contributed by atoms with E-state index in [1.807, 2.05) is 6.07 Å². The minimum absolute atomic E-state index is 0.884. The molecule has 1 N–H and O–H groups in total. The van der Waals surface area contributed by atoms with Crippen molar-refractivity contribution in [3.63, 3.8) is 0 Å². The highest BCUT2D eigenvalue weighted by Crippen LogP contribution is 2.19. The molecule has 0 fully saturated rings. The predicted molar refractivity (Wildman–Crippen MR) is 88.9 cm³/mol. The Morgan fingerprint density at radius 3 is 1.86 bits per heavy atom. The van der Waals surface area contributed by atoms with Crippen molar-refractivity contribution in [2.75, 3.05) is 0 Å². The lowest BCUT2D eigenvalue weighted by atomic mass is 10.0. The summed E-state index contributed by atoms with van der Waals surface area (Å²) in [5.74, 6) is 0. The first-order valence-corrected chi connectivity index (χ1v) is 7.31. The molecule has 104 valence electrons. The van der Waals surface area contributed by atoms with Gasteiger partial charge in [-0.3, -0.25) is 0 Å². The van der Waals surface area contributed by atoms with E-state index in [1.54, 1.807) is 0 Å². The van der Waals surface area contributed by atoms with Crippen LogP contribution in [0.2, 0.25) is 0 Å². The Kier molecular flexibility index (Phi) is 4.45. The van der Waals surface area contributed by atoms with Gasteiger partial charge >= 0.3 is 0 Å². The lowest BCUT2D eigenvalue weighted by Gasteiger charge is -2.07. The summed E-state index contributed by atoms with van der Waals surface area (Å²) in [6.45, 7) is 1.78. The topological polar surface area (TPSA) is 12.0 Å². The van der Waals surface area contributed by atoms with Gasteiger partial charge in [-0.1, -0.05) is 78.9 Å².